The van der Waals surface area contributed by atoms with E-state index in [9.17, 15) is 9.59 Å². The molecule has 0 N–H and O–H groups in total. The first-order chi connectivity index (χ1) is 5.85. The molecule has 0 bridgehead atoms. The van der Waals surface area contributed by atoms with Crippen molar-refractivity contribution in [2.24, 2.45) is 0 Å². The Labute approximate surface area is 106 Å². The van der Waals surface area contributed by atoms with E-state index in [0.717, 1.165) is 6.29 Å². The van der Waals surface area contributed by atoms with Gasteiger partial charge in [-0.2, -0.15) is 0 Å². The summed E-state index contributed by atoms with van der Waals surface area (Å²) in [6.07, 6.45) is 1.35. The largest absolute Gasteiger partial charge is 0.460 e. The van der Waals surface area contributed by atoms with Crippen molar-refractivity contribution in [1.82, 2.24) is 0 Å². The van der Waals surface area contributed by atoms with Crippen molar-refractivity contribution in [1.29, 1.82) is 0 Å². The molecular weight excluding hydrogens is 301 g/mol. The Morgan fingerprint density at radius 2 is 2.00 bits per heavy atom. The zero-order valence-corrected chi connectivity index (χ0v) is 13.4. The number of rotatable bonds is 4. The van der Waals surface area contributed by atoms with Crippen LogP contribution in [-0.2, 0) is 33.8 Å². The van der Waals surface area contributed by atoms with Gasteiger partial charge in [0.15, 0.2) is 0 Å². The Bertz CT molecular complexity index is 189. The van der Waals surface area contributed by atoms with Crippen LogP contribution in [0, 0.1) is 0 Å². The molecule has 78 valence electrons. The van der Waals surface area contributed by atoms with Gasteiger partial charge in [0.25, 0.3) is 0 Å². The number of halogens is 1. The molecule has 3 nitrogen and oxygen atoms in total. The zero-order chi connectivity index (χ0) is 10.5. The van der Waals surface area contributed by atoms with Crippen molar-refractivity contribution in [2.75, 3.05) is 0 Å². The van der Waals surface area contributed by atoms with Gasteiger partial charge >= 0.3 is 5.97 Å². The molecule has 0 aromatic rings. The minimum absolute atomic E-state index is 0. The summed E-state index contributed by atoms with van der Waals surface area (Å²) in [6, 6.07) is 0. The van der Waals surface area contributed by atoms with Crippen molar-refractivity contribution in [3.63, 3.8) is 0 Å². The Balaban J connectivity index is 0. The molecule has 1 unspecified atom stereocenters. The van der Waals surface area contributed by atoms with Gasteiger partial charge in [-0.1, -0.05) is 15.9 Å². The minimum atomic E-state index is -0.453. The number of carbonyl (C=O) groups is 2. The quantitative estimate of drug-likeness (QED) is 0.345. The second-order valence-corrected chi connectivity index (χ2v) is 5.09. The number of hydrogen-bond acceptors (Lipinski definition) is 3. The van der Waals surface area contributed by atoms with E-state index in [1.54, 1.807) is 0 Å². The third-order valence-electron chi connectivity index (χ3n) is 1.16. The zero-order valence-electron chi connectivity index (χ0n) is 8.88. The molecule has 0 amide bonds. The fourth-order valence-corrected chi connectivity index (χ4v) is 1.17. The Hall–Kier alpha value is 0.243. The van der Waals surface area contributed by atoms with Crippen LogP contribution < -0.4 is 0 Å². The first-order valence-electron chi connectivity index (χ1n) is 4.14. The summed E-state index contributed by atoms with van der Waals surface area (Å²) in [5.74, 6) is -0.281. The summed E-state index contributed by atoms with van der Waals surface area (Å²) in [5.41, 5.74) is -0.453. The number of aldehydes is 1. The van der Waals surface area contributed by atoms with Crippen LogP contribution >= 0.6 is 15.9 Å². The first-order valence-corrected chi connectivity index (χ1v) is 5.06. The molecule has 0 fully saturated rings. The number of esters is 1. The van der Waals surface area contributed by atoms with E-state index in [4.69, 9.17) is 4.74 Å². The molecule has 0 heterocycles. The van der Waals surface area contributed by atoms with Crippen LogP contribution in [0.3, 0.4) is 0 Å². The van der Waals surface area contributed by atoms with Crippen LogP contribution in [0.5, 0.6) is 0 Å². The average molecular weight is 317 g/mol. The summed E-state index contributed by atoms with van der Waals surface area (Å²) < 4.78 is 5.07. The topological polar surface area (TPSA) is 43.4 Å². The molecule has 14 heavy (non-hydrogen) atoms. The molecular formula is C9H15BrO3Zn. The van der Waals surface area contributed by atoms with Crippen molar-refractivity contribution >= 4 is 28.2 Å². The summed E-state index contributed by atoms with van der Waals surface area (Å²) >= 11 is 3.21. The maximum atomic E-state index is 11.2. The van der Waals surface area contributed by atoms with Crippen LogP contribution in [-0.4, -0.2) is 22.7 Å². The Morgan fingerprint density at radius 1 is 1.50 bits per heavy atom. The van der Waals surface area contributed by atoms with Crippen molar-refractivity contribution in [2.45, 2.75) is 44.0 Å². The van der Waals surface area contributed by atoms with Crippen molar-refractivity contribution < 1.29 is 33.8 Å². The smallest absolute Gasteiger partial charge is 0.307 e. The molecule has 5 heteroatoms. The molecule has 0 spiro atoms. The van der Waals surface area contributed by atoms with Crippen LogP contribution in [0.2, 0.25) is 0 Å². The van der Waals surface area contributed by atoms with Gasteiger partial charge in [0, 0.05) is 30.7 Å². The van der Waals surface area contributed by atoms with Crippen molar-refractivity contribution in [3.8, 4) is 0 Å². The van der Waals surface area contributed by atoms with E-state index in [2.05, 4.69) is 15.9 Å². The number of alkyl halides is 1. The third kappa shape index (κ3) is 10.3. The van der Waals surface area contributed by atoms with Gasteiger partial charge in [-0.15, -0.1) is 0 Å². The summed E-state index contributed by atoms with van der Waals surface area (Å²) in [6.45, 7) is 5.44. The fraction of sp³-hybridized carbons (Fsp3) is 0.778. The summed E-state index contributed by atoms with van der Waals surface area (Å²) in [5, 5.41) is 0. The predicted octanol–water partition coefficient (Wildman–Crippen LogP) is 2.07. The number of ether oxygens (including phenoxy) is 1. The van der Waals surface area contributed by atoms with Gasteiger partial charge in [0.2, 0.25) is 0 Å². The Kier molecular flexibility index (Phi) is 8.96. The normalized spacial score (nSPS) is 12.6. The van der Waals surface area contributed by atoms with E-state index < -0.39 is 5.60 Å². The molecule has 0 aliphatic heterocycles. The van der Waals surface area contributed by atoms with E-state index in [1.807, 2.05) is 20.8 Å². The van der Waals surface area contributed by atoms with Gasteiger partial charge in [-0.25, -0.2) is 0 Å². The number of hydrogen-bond donors (Lipinski definition) is 0. The maximum Gasteiger partial charge on any atom is 0.307 e. The number of carbonyl (C=O) groups excluding carboxylic acids is 2. The van der Waals surface area contributed by atoms with Gasteiger partial charge < -0.3 is 9.53 Å². The molecule has 0 saturated heterocycles. The minimum Gasteiger partial charge on any atom is -0.460 e. The molecule has 0 radical (unpaired) electrons. The second-order valence-electron chi connectivity index (χ2n) is 3.79. The average Bonchev–Trinajstić information content (AvgIpc) is 1.81. The second kappa shape index (κ2) is 7.52. The van der Waals surface area contributed by atoms with E-state index in [0.29, 0.717) is 6.42 Å². The fourth-order valence-electron chi connectivity index (χ4n) is 0.752. The van der Waals surface area contributed by atoms with Gasteiger partial charge in [0.05, 0.1) is 6.42 Å². The standard InChI is InChI=1S/C9H15BrO3.Zn/c1-9(2,3)13-8(12)6-7(10)4-5-11;/h5,7H,4,6H2,1-3H3;. The summed E-state index contributed by atoms with van der Waals surface area (Å²) in [4.78, 5) is 21.2. The molecule has 0 aromatic carbocycles. The Morgan fingerprint density at radius 3 is 2.36 bits per heavy atom. The third-order valence-corrected chi connectivity index (χ3v) is 1.86. The molecule has 0 saturated carbocycles. The SMILES string of the molecule is CC(C)(C)OC(=O)CC(Br)CC=O.[Zn]. The molecule has 0 aliphatic carbocycles. The van der Waals surface area contributed by atoms with Crippen molar-refractivity contribution in [3.05, 3.63) is 0 Å². The van der Waals surface area contributed by atoms with Gasteiger partial charge in [0.1, 0.15) is 11.9 Å². The van der Waals surface area contributed by atoms with Gasteiger partial charge in [-0.05, 0) is 20.8 Å². The molecule has 0 rings (SSSR count). The molecule has 0 aliphatic rings. The predicted molar refractivity (Wildman–Crippen MR) is 53.9 cm³/mol. The van der Waals surface area contributed by atoms with E-state index in [-0.39, 0.29) is 36.7 Å². The molecule has 0 aromatic heterocycles. The maximum absolute atomic E-state index is 11.2. The summed E-state index contributed by atoms with van der Waals surface area (Å²) in [7, 11) is 0. The van der Waals surface area contributed by atoms with Crippen LogP contribution in [0.4, 0.5) is 0 Å². The van der Waals surface area contributed by atoms with Crippen LogP contribution in [0.25, 0.3) is 0 Å². The van der Waals surface area contributed by atoms with E-state index >= 15 is 0 Å². The van der Waals surface area contributed by atoms with E-state index in [1.165, 1.54) is 0 Å². The van der Waals surface area contributed by atoms with Gasteiger partial charge in [-0.3, -0.25) is 4.79 Å². The first kappa shape index (κ1) is 16.7. The molecule has 1 atom stereocenters. The van der Waals surface area contributed by atoms with Crippen LogP contribution in [0.1, 0.15) is 33.6 Å². The van der Waals surface area contributed by atoms with Crippen LogP contribution in [0.15, 0.2) is 0 Å². The monoisotopic (exact) mass is 314 g/mol.